The summed E-state index contributed by atoms with van der Waals surface area (Å²) < 4.78 is 7.79. The van der Waals surface area contributed by atoms with E-state index >= 15 is 0 Å². The van der Waals surface area contributed by atoms with Crippen LogP contribution in [-0.4, -0.2) is 45.4 Å². The average molecular weight is 394 g/mol. The maximum atomic E-state index is 10.1. The molecular weight excluding hydrogens is 362 g/mol. The fraction of sp³-hybridized carbons (Fsp3) is 0.458. The molecule has 0 radical (unpaired) electrons. The van der Waals surface area contributed by atoms with Crippen LogP contribution in [0.1, 0.15) is 43.7 Å². The van der Waals surface area contributed by atoms with Gasteiger partial charge in [-0.05, 0) is 80.9 Å². The molecule has 1 N–H and O–H groups in total. The zero-order chi connectivity index (χ0) is 20.1. The highest BCUT2D eigenvalue weighted by Crippen LogP contribution is 2.30. The number of benzene rings is 1. The molecule has 5 heteroatoms. The molecule has 1 aliphatic carbocycles. The number of ether oxygens (including phenoxy) is 1. The number of phenolic OH excluding ortho intramolecular Hbond substituents is 1. The van der Waals surface area contributed by atoms with E-state index in [1.54, 1.807) is 6.20 Å². The Balaban J connectivity index is 1.25. The second-order valence-corrected chi connectivity index (χ2v) is 7.97. The Bertz CT molecular complexity index is 937. The second kappa shape index (κ2) is 9.31. The van der Waals surface area contributed by atoms with Crippen molar-refractivity contribution in [3.05, 3.63) is 59.9 Å². The van der Waals surface area contributed by atoms with Crippen molar-refractivity contribution in [2.45, 2.75) is 51.5 Å². The number of hydrogen-bond acceptors (Lipinski definition) is 4. The van der Waals surface area contributed by atoms with Crippen LogP contribution in [0.4, 0.5) is 0 Å². The first-order chi connectivity index (χ1) is 14.2. The molecule has 0 spiro atoms. The summed E-state index contributed by atoms with van der Waals surface area (Å²) in [6, 6.07) is 12.5. The number of fused-ring (bicyclic) bond motifs is 2. The minimum Gasteiger partial charge on any atom is -0.508 e. The second-order valence-electron chi connectivity index (χ2n) is 7.97. The Kier molecular flexibility index (Phi) is 6.35. The molecule has 0 aliphatic heterocycles. The predicted molar refractivity (Wildman–Crippen MR) is 116 cm³/mol. The number of aromatic nitrogens is 2. The van der Waals surface area contributed by atoms with Gasteiger partial charge in [0.1, 0.15) is 11.5 Å². The summed E-state index contributed by atoms with van der Waals surface area (Å²) in [6.45, 7) is 5.24. The van der Waals surface area contributed by atoms with Crippen molar-refractivity contribution in [1.82, 2.24) is 14.5 Å². The van der Waals surface area contributed by atoms with E-state index in [1.165, 1.54) is 12.0 Å². The van der Waals surface area contributed by atoms with E-state index in [1.807, 2.05) is 41.0 Å². The highest BCUT2D eigenvalue weighted by molar-refractivity contribution is 5.49. The fourth-order valence-electron chi connectivity index (χ4n) is 4.44. The van der Waals surface area contributed by atoms with Crippen LogP contribution >= 0.6 is 0 Å². The van der Waals surface area contributed by atoms with Gasteiger partial charge >= 0.3 is 0 Å². The summed E-state index contributed by atoms with van der Waals surface area (Å²) in [5.41, 5.74) is 3.53. The summed E-state index contributed by atoms with van der Waals surface area (Å²) >= 11 is 0. The highest BCUT2D eigenvalue weighted by atomic mass is 16.5. The maximum absolute atomic E-state index is 10.1. The summed E-state index contributed by atoms with van der Waals surface area (Å²) in [5.74, 6) is 1.38. The zero-order valence-electron chi connectivity index (χ0n) is 17.3. The van der Waals surface area contributed by atoms with Gasteiger partial charge < -0.3 is 14.7 Å². The smallest absolute Gasteiger partial charge is 0.122 e. The minimum atomic E-state index is 0.467. The van der Waals surface area contributed by atoms with Crippen molar-refractivity contribution >= 4 is 5.52 Å². The van der Waals surface area contributed by atoms with Gasteiger partial charge in [0.25, 0.3) is 0 Å². The first-order valence-corrected chi connectivity index (χ1v) is 10.8. The minimum absolute atomic E-state index is 0.467. The highest BCUT2D eigenvalue weighted by Gasteiger charge is 2.24. The first-order valence-electron chi connectivity index (χ1n) is 10.8. The topological polar surface area (TPSA) is 50.0 Å². The summed E-state index contributed by atoms with van der Waals surface area (Å²) in [6.07, 6.45) is 10.3. The van der Waals surface area contributed by atoms with Crippen molar-refractivity contribution in [3.8, 4) is 11.5 Å². The van der Waals surface area contributed by atoms with E-state index in [9.17, 15) is 5.11 Å². The predicted octanol–water partition coefficient (Wildman–Crippen LogP) is 4.47. The van der Waals surface area contributed by atoms with Crippen molar-refractivity contribution < 1.29 is 9.84 Å². The lowest BCUT2D eigenvalue weighted by molar-refractivity contribution is 0.171. The summed E-state index contributed by atoms with van der Waals surface area (Å²) in [4.78, 5) is 2.64. The molecule has 1 atom stereocenters. The van der Waals surface area contributed by atoms with Crippen LogP contribution in [0.25, 0.3) is 5.52 Å². The average Bonchev–Trinajstić information content (AvgIpc) is 3.20. The number of rotatable bonds is 9. The third kappa shape index (κ3) is 4.73. The molecule has 29 heavy (non-hydrogen) atoms. The van der Waals surface area contributed by atoms with Gasteiger partial charge in [0.2, 0.25) is 0 Å². The summed E-state index contributed by atoms with van der Waals surface area (Å²) in [7, 11) is 0. The van der Waals surface area contributed by atoms with Gasteiger partial charge in [-0.1, -0.05) is 19.1 Å². The first kappa shape index (κ1) is 19.8. The monoisotopic (exact) mass is 393 g/mol. The Morgan fingerprint density at radius 2 is 2.14 bits per heavy atom. The lowest BCUT2D eigenvalue weighted by atomic mass is 9.86. The standard InChI is InChI=1S/C24H31N3O2/c1-2-13-26(20-8-9-23-19(17-20)6-5-7-24(23)28)14-3-4-16-29-22-11-15-27-21(18-22)10-12-25-27/h5-7,10-12,15,18,20,28H,2-4,8-9,13-14,16-17H2,1H3. The van der Waals surface area contributed by atoms with E-state index in [0.717, 1.165) is 68.6 Å². The Labute approximate surface area is 172 Å². The normalized spacial score (nSPS) is 16.3. The molecule has 3 aromatic rings. The maximum Gasteiger partial charge on any atom is 0.122 e. The van der Waals surface area contributed by atoms with Crippen LogP contribution in [0.15, 0.2) is 48.8 Å². The van der Waals surface area contributed by atoms with Crippen molar-refractivity contribution in [2.75, 3.05) is 19.7 Å². The Morgan fingerprint density at radius 1 is 1.21 bits per heavy atom. The number of hydrogen-bond donors (Lipinski definition) is 1. The molecule has 0 saturated carbocycles. The Morgan fingerprint density at radius 3 is 3.03 bits per heavy atom. The number of nitrogens with zero attached hydrogens (tertiary/aromatic N) is 3. The quantitative estimate of drug-likeness (QED) is 0.545. The van der Waals surface area contributed by atoms with Crippen molar-refractivity contribution in [2.24, 2.45) is 0 Å². The molecule has 0 amide bonds. The van der Waals surface area contributed by atoms with Gasteiger partial charge in [0.05, 0.1) is 12.1 Å². The molecule has 1 aliphatic rings. The SMILES string of the molecule is CCCN(CCCCOc1ccn2nccc2c1)C1CCc2c(O)cccc2C1. The van der Waals surface area contributed by atoms with E-state index in [0.29, 0.717) is 11.8 Å². The third-order valence-electron chi connectivity index (χ3n) is 5.94. The van der Waals surface area contributed by atoms with Gasteiger partial charge in [-0.3, -0.25) is 0 Å². The number of pyridine rings is 1. The van der Waals surface area contributed by atoms with Crippen LogP contribution in [0.5, 0.6) is 11.5 Å². The number of phenols is 1. The van der Waals surface area contributed by atoms with Crippen LogP contribution in [0.3, 0.4) is 0 Å². The molecule has 0 bridgehead atoms. The molecule has 4 rings (SSSR count). The van der Waals surface area contributed by atoms with E-state index < -0.39 is 0 Å². The Hall–Kier alpha value is -2.53. The van der Waals surface area contributed by atoms with Gasteiger partial charge in [-0.25, -0.2) is 4.52 Å². The van der Waals surface area contributed by atoms with E-state index in [-0.39, 0.29) is 0 Å². The molecule has 2 aromatic heterocycles. The molecule has 1 unspecified atom stereocenters. The van der Waals surface area contributed by atoms with Crippen LogP contribution in [-0.2, 0) is 12.8 Å². The molecule has 5 nitrogen and oxygen atoms in total. The molecular formula is C24H31N3O2. The largest absolute Gasteiger partial charge is 0.508 e. The van der Waals surface area contributed by atoms with Crippen LogP contribution < -0.4 is 4.74 Å². The number of unbranched alkanes of at least 4 members (excludes halogenated alkanes) is 1. The van der Waals surface area contributed by atoms with Crippen molar-refractivity contribution in [1.29, 1.82) is 0 Å². The van der Waals surface area contributed by atoms with Crippen LogP contribution in [0.2, 0.25) is 0 Å². The van der Waals surface area contributed by atoms with Gasteiger partial charge in [0.15, 0.2) is 0 Å². The lowest BCUT2D eigenvalue weighted by Crippen LogP contribution is -2.40. The summed E-state index contributed by atoms with van der Waals surface area (Å²) in [5, 5.41) is 14.3. The van der Waals surface area contributed by atoms with E-state index in [2.05, 4.69) is 23.0 Å². The van der Waals surface area contributed by atoms with Crippen molar-refractivity contribution in [3.63, 3.8) is 0 Å². The van der Waals surface area contributed by atoms with Gasteiger partial charge in [-0.2, -0.15) is 5.10 Å². The molecule has 0 fully saturated rings. The molecule has 154 valence electrons. The van der Waals surface area contributed by atoms with Gasteiger partial charge in [-0.15, -0.1) is 0 Å². The lowest BCUT2D eigenvalue weighted by Gasteiger charge is -2.35. The molecule has 2 heterocycles. The van der Waals surface area contributed by atoms with E-state index in [4.69, 9.17) is 4.74 Å². The van der Waals surface area contributed by atoms with Gasteiger partial charge in [0, 0.05) is 24.5 Å². The third-order valence-corrected chi connectivity index (χ3v) is 5.94. The zero-order valence-corrected chi connectivity index (χ0v) is 17.3. The molecule has 0 saturated heterocycles. The fourth-order valence-corrected chi connectivity index (χ4v) is 4.44. The number of aromatic hydroxyl groups is 1. The molecule has 1 aromatic carbocycles. The van der Waals surface area contributed by atoms with Crippen LogP contribution in [0, 0.1) is 0 Å².